The molecule has 19 heavy (non-hydrogen) atoms. The van der Waals surface area contributed by atoms with Gasteiger partial charge in [-0.2, -0.15) is 0 Å². The smallest absolute Gasteiger partial charge is 0.306 e. The second-order valence-corrected chi connectivity index (χ2v) is 6.71. The Labute approximate surface area is 114 Å². The SMILES string of the molecule is CC(C)(C)CC(O)CNC(=O)C1CCC(C(=O)O)C1. The van der Waals surface area contributed by atoms with E-state index in [0.717, 1.165) is 0 Å². The molecular formula is C14H25NO4. The number of hydrogen-bond acceptors (Lipinski definition) is 3. The molecule has 5 heteroatoms. The van der Waals surface area contributed by atoms with E-state index in [9.17, 15) is 14.7 Å². The number of carbonyl (C=O) groups excluding carboxylic acids is 1. The van der Waals surface area contributed by atoms with Crippen LogP contribution in [0.25, 0.3) is 0 Å². The van der Waals surface area contributed by atoms with Crippen molar-refractivity contribution in [3.8, 4) is 0 Å². The van der Waals surface area contributed by atoms with Crippen molar-refractivity contribution in [2.75, 3.05) is 6.54 Å². The van der Waals surface area contributed by atoms with Gasteiger partial charge in [-0.1, -0.05) is 20.8 Å². The number of carboxylic acid groups (broad SMARTS) is 1. The van der Waals surface area contributed by atoms with Crippen LogP contribution in [0.4, 0.5) is 0 Å². The minimum atomic E-state index is -0.817. The molecule has 3 atom stereocenters. The summed E-state index contributed by atoms with van der Waals surface area (Å²) in [5, 5.41) is 21.4. The Kier molecular flexibility index (Phi) is 5.35. The first-order valence-electron chi connectivity index (χ1n) is 6.87. The lowest BCUT2D eigenvalue weighted by Crippen LogP contribution is -2.37. The molecule has 1 saturated carbocycles. The van der Waals surface area contributed by atoms with Gasteiger partial charge in [0, 0.05) is 12.5 Å². The molecule has 1 aliphatic rings. The maximum atomic E-state index is 11.9. The van der Waals surface area contributed by atoms with Crippen LogP contribution in [0.5, 0.6) is 0 Å². The summed E-state index contributed by atoms with van der Waals surface area (Å²) < 4.78 is 0. The first kappa shape index (κ1) is 16.0. The number of amides is 1. The molecule has 0 radical (unpaired) electrons. The van der Waals surface area contributed by atoms with Gasteiger partial charge in [-0.25, -0.2) is 0 Å². The van der Waals surface area contributed by atoms with Crippen LogP contribution < -0.4 is 5.32 Å². The molecule has 1 aliphatic carbocycles. The van der Waals surface area contributed by atoms with Crippen molar-refractivity contribution in [2.24, 2.45) is 17.3 Å². The summed E-state index contributed by atoms with van der Waals surface area (Å²) in [5.41, 5.74) is 0.0197. The van der Waals surface area contributed by atoms with Crippen molar-refractivity contribution < 1.29 is 19.8 Å². The van der Waals surface area contributed by atoms with Crippen molar-refractivity contribution >= 4 is 11.9 Å². The maximum absolute atomic E-state index is 11.9. The zero-order chi connectivity index (χ0) is 14.6. The van der Waals surface area contributed by atoms with E-state index in [-0.39, 0.29) is 23.8 Å². The zero-order valence-corrected chi connectivity index (χ0v) is 12.0. The third-order valence-corrected chi connectivity index (χ3v) is 3.51. The monoisotopic (exact) mass is 271 g/mol. The maximum Gasteiger partial charge on any atom is 0.306 e. The van der Waals surface area contributed by atoms with Crippen molar-refractivity contribution in [1.82, 2.24) is 5.32 Å². The van der Waals surface area contributed by atoms with Crippen molar-refractivity contribution in [2.45, 2.75) is 52.6 Å². The fraction of sp³-hybridized carbons (Fsp3) is 0.857. The van der Waals surface area contributed by atoms with Gasteiger partial charge in [-0.3, -0.25) is 9.59 Å². The molecule has 1 amide bonds. The quantitative estimate of drug-likeness (QED) is 0.705. The summed E-state index contributed by atoms with van der Waals surface area (Å²) in [6, 6.07) is 0. The number of aliphatic hydroxyl groups excluding tert-OH is 1. The molecule has 0 aliphatic heterocycles. The molecule has 110 valence electrons. The molecule has 0 heterocycles. The van der Waals surface area contributed by atoms with E-state index in [1.165, 1.54) is 0 Å². The van der Waals surface area contributed by atoms with E-state index in [1.54, 1.807) is 0 Å². The highest BCUT2D eigenvalue weighted by molar-refractivity contribution is 5.80. The van der Waals surface area contributed by atoms with Crippen LogP contribution in [0.2, 0.25) is 0 Å². The molecule has 0 aromatic carbocycles. The van der Waals surface area contributed by atoms with Gasteiger partial charge in [0.05, 0.1) is 12.0 Å². The lowest BCUT2D eigenvalue weighted by atomic mass is 9.89. The molecule has 5 nitrogen and oxygen atoms in total. The van der Waals surface area contributed by atoms with Gasteiger partial charge in [0.15, 0.2) is 0 Å². The molecule has 3 N–H and O–H groups in total. The van der Waals surface area contributed by atoms with Crippen LogP contribution in [0.1, 0.15) is 46.5 Å². The van der Waals surface area contributed by atoms with Crippen molar-refractivity contribution in [1.29, 1.82) is 0 Å². The lowest BCUT2D eigenvalue weighted by Gasteiger charge is -2.23. The van der Waals surface area contributed by atoms with Crippen LogP contribution in [0.15, 0.2) is 0 Å². The van der Waals surface area contributed by atoms with Gasteiger partial charge < -0.3 is 15.5 Å². The number of rotatable bonds is 5. The van der Waals surface area contributed by atoms with E-state index in [0.29, 0.717) is 25.7 Å². The summed E-state index contributed by atoms with van der Waals surface area (Å²) in [6.45, 7) is 6.34. The molecule has 0 aromatic rings. The highest BCUT2D eigenvalue weighted by atomic mass is 16.4. The second-order valence-electron chi connectivity index (χ2n) is 6.71. The van der Waals surface area contributed by atoms with Gasteiger partial charge in [0.25, 0.3) is 0 Å². The topological polar surface area (TPSA) is 86.6 Å². The first-order valence-corrected chi connectivity index (χ1v) is 6.87. The second kappa shape index (κ2) is 6.37. The Morgan fingerprint density at radius 1 is 1.26 bits per heavy atom. The van der Waals surface area contributed by atoms with Crippen LogP contribution in [0, 0.1) is 17.3 Å². The minimum absolute atomic E-state index is 0.0197. The highest BCUT2D eigenvalue weighted by Crippen LogP contribution is 2.31. The Bertz CT molecular complexity index is 335. The third kappa shape index (κ3) is 5.59. The molecule has 0 saturated heterocycles. The molecule has 1 fully saturated rings. The number of carboxylic acids is 1. The Hall–Kier alpha value is -1.10. The minimum Gasteiger partial charge on any atom is -0.481 e. The van der Waals surface area contributed by atoms with Crippen molar-refractivity contribution in [3.63, 3.8) is 0 Å². The molecule has 1 rings (SSSR count). The number of aliphatic hydroxyl groups is 1. The molecule has 0 spiro atoms. The summed E-state index contributed by atoms with van der Waals surface area (Å²) in [6.07, 6.45) is 1.67. The van der Waals surface area contributed by atoms with Gasteiger partial charge in [-0.05, 0) is 31.1 Å². The number of nitrogens with one attached hydrogen (secondary N) is 1. The van der Waals surface area contributed by atoms with Crippen molar-refractivity contribution in [3.05, 3.63) is 0 Å². The largest absolute Gasteiger partial charge is 0.481 e. The normalized spacial score (nSPS) is 25.1. The fourth-order valence-corrected chi connectivity index (χ4v) is 2.59. The summed E-state index contributed by atoms with van der Waals surface area (Å²) in [5.74, 6) is -1.56. The third-order valence-electron chi connectivity index (χ3n) is 3.51. The Morgan fingerprint density at radius 3 is 2.32 bits per heavy atom. The summed E-state index contributed by atoms with van der Waals surface area (Å²) in [7, 11) is 0. The Morgan fingerprint density at radius 2 is 1.84 bits per heavy atom. The number of carbonyl (C=O) groups is 2. The predicted molar refractivity (Wildman–Crippen MR) is 71.6 cm³/mol. The van der Waals surface area contributed by atoms with E-state index in [2.05, 4.69) is 5.32 Å². The predicted octanol–water partition coefficient (Wildman–Crippen LogP) is 1.40. The van der Waals surface area contributed by atoms with Gasteiger partial charge in [0.2, 0.25) is 5.91 Å². The average Bonchev–Trinajstić information content (AvgIpc) is 2.72. The average molecular weight is 271 g/mol. The molecule has 0 bridgehead atoms. The lowest BCUT2D eigenvalue weighted by molar-refractivity contribution is -0.141. The molecule has 0 aromatic heterocycles. The van der Waals surface area contributed by atoms with Gasteiger partial charge >= 0.3 is 5.97 Å². The first-order chi connectivity index (χ1) is 8.69. The van der Waals surface area contributed by atoms with E-state index in [1.807, 2.05) is 20.8 Å². The highest BCUT2D eigenvalue weighted by Gasteiger charge is 2.33. The number of aliphatic carboxylic acids is 1. The number of hydrogen-bond donors (Lipinski definition) is 3. The van der Waals surface area contributed by atoms with Crippen LogP contribution in [0.3, 0.4) is 0 Å². The van der Waals surface area contributed by atoms with Crippen LogP contribution in [-0.2, 0) is 9.59 Å². The van der Waals surface area contributed by atoms with Gasteiger partial charge in [-0.15, -0.1) is 0 Å². The van der Waals surface area contributed by atoms with E-state index >= 15 is 0 Å². The van der Waals surface area contributed by atoms with Crippen LogP contribution in [-0.4, -0.2) is 34.7 Å². The standard InChI is InChI=1S/C14H25NO4/c1-14(2,3)7-11(16)8-15-12(17)9-4-5-10(6-9)13(18)19/h9-11,16H,4-8H2,1-3H3,(H,15,17)(H,18,19). The van der Waals surface area contributed by atoms with E-state index < -0.39 is 18.0 Å². The summed E-state index contributed by atoms with van der Waals surface area (Å²) in [4.78, 5) is 22.7. The molecule has 3 unspecified atom stereocenters. The van der Waals surface area contributed by atoms with Gasteiger partial charge in [0.1, 0.15) is 0 Å². The van der Waals surface area contributed by atoms with E-state index in [4.69, 9.17) is 5.11 Å². The zero-order valence-electron chi connectivity index (χ0n) is 12.0. The van der Waals surface area contributed by atoms with Crippen LogP contribution >= 0.6 is 0 Å². The molecular weight excluding hydrogens is 246 g/mol. The Balaban J connectivity index is 2.31. The fourth-order valence-electron chi connectivity index (χ4n) is 2.59. The summed E-state index contributed by atoms with van der Waals surface area (Å²) >= 11 is 0.